The Kier molecular flexibility index (Phi) is 4.64. The van der Waals surface area contributed by atoms with Crippen LogP contribution in [0.15, 0.2) is 22.8 Å². The van der Waals surface area contributed by atoms with E-state index in [0.29, 0.717) is 39.0 Å². The maximum Gasteiger partial charge on any atom is 0.274 e. The minimum atomic E-state index is -0.649. The number of carbonyl (C=O) groups is 2. The molecule has 1 heterocycles. The average molecular weight is 412 g/mol. The summed E-state index contributed by atoms with van der Waals surface area (Å²) in [5, 5.41) is 7.47. The van der Waals surface area contributed by atoms with E-state index in [1.807, 2.05) is 0 Å². The van der Waals surface area contributed by atoms with Gasteiger partial charge in [-0.25, -0.2) is 0 Å². The molecule has 0 bridgehead atoms. The van der Waals surface area contributed by atoms with Crippen LogP contribution in [-0.2, 0) is 6.54 Å². The second-order valence-corrected chi connectivity index (χ2v) is 7.19. The molecule has 1 aliphatic rings. The molecular formula is C16H16BrClN4O2. The molecule has 0 saturated heterocycles. The van der Waals surface area contributed by atoms with Gasteiger partial charge in [0.05, 0.1) is 11.3 Å². The number of aromatic nitrogens is 2. The van der Waals surface area contributed by atoms with Gasteiger partial charge >= 0.3 is 0 Å². The Morgan fingerprint density at radius 3 is 2.75 bits per heavy atom. The fourth-order valence-electron chi connectivity index (χ4n) is 2.53. The van der Waals surface area contributed by atoms with E-state index in [0.717, 1.165) is 12.8 Å². The lowest BCUT2D eigenvalue weighted by atomic mass is 10.1. The van der Waals surface area contributed by atoms with Gasteiger partial charge in [0, 0.05) is 17.6 Å². The predicted molar refractivity (Wildman–Crippen MR) is 95.3 cm³/mol. The molecule has 2 amide bonds. The van der Waals surface area contributed by atoms with Gasteiger partial charge in [-0.3, -0.25) is 14.3 Å². The zero-order valence-electron chi connectivity index (χ0n) is 13.0. The zero-order chi connectivity index (χ0) is 17.4. The number of primary amides is 1. The number of carbonyl (C=O) groups excluding carboxylic acids is 2. The number of nitrogens with zero attached hydrogens (tertiary/aromatic N) is 2. The SMILES string of the molecule is Cc1cc(Cl)cc(C(N)=O)c1NC(=O)c1cc(Br)nn1CC1CC1. The van der Waals surface area contributed by atoms with Crippen molar-refractivity contribution in [3.63, 3.8) is 0 Å². The normalized spacial score (nSPS) is 13.8. The second kappa shape index (κ2) is 6.57. The van der Waals surface area contributed by atoms with Crippen LogP contribution in [0.25, 0.3) is 0 Å². The standard InChI is InChI=1S/C16H16BrClN4O2/c1-8-4-10(18)5-11(15(19)23)14(8)20-16(24)12-6-13(17)21-22(12)7-9-2-3-9/h4-6,9H,2-3,7H2,1H3,(H2,19,23)(H,20,24). The summed E-state index contributed by atoms with van der Waals surface area (Å²) in [6.45, 7) is 2.46. The van der Waals surface area contributed by atoms with Crippen molar-refractivity contribution in [2.75, 3.05) is 5.32 Å². The molecule has 6 nitrogen and oxygen atoms in total. The lowest BCUT2D eigenvalue weighted by Crippen LogP contribution is -2.22. The predicted octanol–water partition coefficient (Wildman–Crippen LogP) is 3.37. The van der Waals surface area contributed by atoms with E-state index >= 15 is 0 Å². The van der Waals surface area contributed by atoms with Crippen LogP contribution >= 0.6 is 27.5 Å². The Bertz CT molecular complexity index is 830. The Morgan fingerprint density at radius 2 is 2.12 bits per heavy atom. The summed E-state index contributed by atoms with van der Waals surface area (Å²) >= 11 is 9.28. The summed E-state index contributed by atoms with van der Waals surface area (Å²) in [5.74, 6) is -0.424. The molecule has 1 aromatic heterocycles. The first-order valence-electron chi connectivity index (χ1n) is 7.50. The molecule has 1 fully saturated rings. The van der Waals surface area contributed by atoms with Gasteiger partial charge < -0.3 is 11.1 Å². The summed E-state index contributed by atoms with van der Waals surface area (Å²) < 4.78 is 2.28. The first-order valence-corrected chi connectivity index (χ1v) is 8.67. The van der Waals surface area contributed by atoms with Crippen molar-refractivity contribution in [1.29, 1.82) is 0 Å². The lowest BCUT2D eigenvalue weighted by Gasteiger charge is -2.13. The van der Waals surface area contributed by atoms with Crippen LogP contribution in [0.3, 0.4) is 0 Å². The highest BCUT2D eigenvalue weighted by Crippen LogP contribution is 2.31. The molecule has 0 radical (unpaired) electrons. The van der Waals surface area contributed by atoms with Crippen molar-refractivity contribution >= 4 is 45.0 Å². The third-order valence-electron chi connectivity index (χ3n) is 3.92. The zero-order valence-corrected chi connectivity index (χ0v) is 15.3. The fourth-order valence-corrected chi connectivity index (χ4v) is 3.21. The molecule has 3 N–H and O–H groups in total. The summed E-state index contributed by atoms with van der Waals surface area (Å²) in [5.41, 5.74) is 7.04. The molecule has 0 atom stereocenters. The van der Waals surface area contributed by atoms with Gasteiger partial charge in [-0.15, -0.1) is 0 Å². The van der Waals surface area contributed by atoms with E-state index in [2.05, 4.69) is 26.3 Å². The van der Waals surface area contributed by atoms with Crippen molar-refractivity contribution < 1.29 is 9.59 Å². The maximum atomic E-state index is 12.7. The van der Waals surface area contributed by atoms with E-state index in [1.54, 1.807) is 23.7 Å². The Morgan fingerprint density at radius 1 is 1.42 bits per heavy atom. The Hall–Kier alpha value is -1.86. The molecule has 0 aliphatic heterocycles. The van der Waals surface area contributed by atoms with Crippen LogP contribution in [0, 0.1) is 12.8 Å². The number of amides is 2. The van der Waals surface area contributed by atoms with Crippen molar-refractivity contribution in [3.05, 3.63) is 44.6 Å². The maximum absolute atomic E-state index is 12.7. The van der Waals surface area contributed by atoms with Gasteiger partial charge in [0.25, 0.3) is 11.8 Å². The van der Waals surface area contributed by atoms with Gasteiger partial charge in [0.1, 0.15) is 10.3 Å². The van der Waals surface area contributed by atoms with E-state index in [-0.39, 0.29) is 11.5 Å². The molecule has 2 aromatic rings. The molecule has 8 heteroatoms. The van der Waals surface area contributed by atoms with E-state index in [9.17, 15) is 9.59 Å². The van der Waals surface area contributed by atoms with E-state index in [1.165, 1.54) is 6.07 Å². The summed E-state index contributed by atoms with van der Waals surface area (Å²) in [4.78, 5) is 24.3. The van der Waals surface area contributed by atoms with Gasteiger partial charge in [0.15, 0.2) is 0 Å². The van der Waals surface area contributed by atoms with E-state index < -0.39 is 5.91 Å². The van der Waals surface area contributed by atoms with Crippen LogP contribution < -0.4 is 11.1 Å². The van der Waals surface area contributed by atoms with Crippen LogP contribution in [0.1, 0.15) is 39.3 Å². The summed E-state index contributed by atoms with van der Waals surface area (Å²) in [6.07, 6.45) is 2.31. The number of benzene rings is 1. The fraction of sp³-hybridized carbons (Fsp3) is 0.312. The van der Waals surface area contributed by atoms with Crippen LogP contribution in [0.5, 0.6) is 0 Å². The molecular weight excluding hydrogens is 396 g/mol. The average Bonchev–Trinajstić information content (AvgIpc) is 3.22. The molecule has 126 valence electrons. The van der Waals surface area contributed by atoms with Gasteiger partial charge in [0.2, 0.25) is 0 Å². The molecule has 1 aliphatic carbocycles. The number of halogens is 2. The third-order valence-corrected chi connectivity index (χ3v) is 4.52. The van der Waals surface area contributed by atoms with Crippen molar-refractivity contribution in [1.82, 2.24) is 9.78 Å². The summed E-state index contributed by atoms with van der Waals surface area (Å²) in [7, 11) is 0. The smallest absolute Gasteiger partial charge is 0.274 e. The highest BCUT2D eigenvalue weighted by Gasteiger charge is 2.26. The van der Waals surface area contributed by atoms with Crippen LogP contribution in [0.4, 0.5) is 5.69 Å². The lowest BCUT2D eigenvalue weighted by molar-refractivity contribution is 0.100. The molecule has 0 unspecified atom stereocenters. The van der Waals surface area contributed by atoms with Gasteiger partial charge in [-0.1, -0.05) is 11.6 Å². The van der Waals surface area contributed by atoms with Crippen LogP contribution in [0.2, 0.25) is 5.02 Å². The number of rotatable bonds is 5. The number of nitrogens with two attached hydrogens (primary N) is 1. The number of nitrogens with one attached hydrogen (secondary N) is 1. The first kappa shape index (κ1) is 17.0. The monoisotopic (exact) mass is 410 g/mol. The van der Waals surface area contributed by atoms with Crippen molar-refractivity contribution in [2.45, 2.75) is 26.3 Å². The van der Waals surface area contributed by atoms with Gasteiger partial charge in [-0.2, -0.15) is 5.10 Å². The largest absolute Gasteiger partial charge is 0.366 e. The molecule has 24 heavy (non-hydrogen) atoms. The first-order chi connectivity index (χ1) is 11.3. The number of hydrogen-bond donors (Lipinski definition) is 2. The third kappa shape index (κ3) is 3.62. The number of hydrogen-bond acceptors (Lipinski definition) is 3. The Labute approximate surface area is 152 Å². The Balaban J connectivity index is 1.91. The summed E-state index contributed by atoms with van der Waals surface area (Å²) in [6, 6.07) is 4.78. The minimum Gasteiger partial charge on any atom is -0.366 e. The highest BCUT2D eigenvalue weighted by atomic mass is 79.9. The van der Waals surface area contributed by atoms with Crippen molar-refractivity contribution in [2.24, 2.45) is 11.7 Å². The van der Waals surface area contributed by atoms with Crippen LogP contribution in [-0.4, -0.2) is 21.6 Å². The topological polar surface area (TPSA) is 90.0 Å². The van der Waals surface area contributed by atoms with E-state index in [4.69, 9.17) is 17.3 Å². The minimum absolute atomic E-state index is 0.181. The second-order valence-electron chi connectivity index (χ2n) is 5.94. The highest BCUT2D eigenvalue weighted by molar-refractivity contribution is 9.10. The molecule has 0 spiro atoms. The van der Waals surface area contributed by atoms with Gasteiger partial charge in [-0.05, 0) is 59.3 Å². The number of aryl methyl sites for hydroxylation is 1. The van der Waals surface area contributed by atoms with Crippen molar-refractivity contribution in [3.8, 4) is 0 Å². The molecule has 1 saturated carbocycles. The number of anilines is 1. The molecule has 1 aromatic carbocycles. The molecule has 3 rings (SSSR count). The quantitative estimate of drug-likeness (QED) is 0.790.